The minimum Gasteiger partial charge on any atom is -0.313 e. The van der Waals surface area contributed by atoms with Gasteiger partial charge in [0.25, 0.3) is 0 Å². The Kier molecular flexibility index (Phi) is 6.31. The van der Waals surface area contributed by atoms with Gasteiger partial charge in [-0.25, -0.2) is 0 Å². The van der Waals surface area contributed by atoms with Gasteiger partial charge in [0.2, 0.25) is 0 Å². The molecule has 1 N–H and O–H groups in total. The van der Waals surface area contributed by atoms with Crippen LogP contribution in [-0.4, -0.2) is 12.6 Å². The van der Waals surface area contributed by atoms with Gasteiger partial charge in [-0.05, 0) is 37.6 Å². The molecule has 1 aliphatic rings. The van der Waals surface area contributed by atoms with Crippen molar-refractivity contribution in [2.45, 2.75) is 71.8 Å². The van der Waals surface area contributed by atoms with Gasteiger partial charge >= 0.3 is 0 Å². The molecule has 0 aromatic carbocycles. The van der Waals surface area contributed by atoms with Crippen molar-refractivity contribution in [2.24, 2.45) is 11.8 Å². The minimum absolute atomic E-state index is 0.730. The highest BCUT2D eigenvalue weighted by atomic mass is 14.9. The SMILES string of the molecule is CCC(NCC1CCCCCC1)C(C)C. The van der Waals surface area contributed by atoms with Crippen molar-refractivity contribution in [1.82, 2.24) is 5.32 Å². The monoisotopic (exact) mass is 211 g/mol. The molecule has 90 valence electrons. The summed E-state index contributed by atoms with van der Waals surface area (Å²) >= 11 is 0. The highest BCUT2D eigenvalue weighted by molar-refractivity contribution is 4.73. The molecule has 0 bridgehead atoms. The Bertz CT molecular complexity index is 145. The van der Waals surface area contributed by atoms with Gasteiger partial charge in [0.05, 0.1) is 0 Å². The second-order valence-electron chi connectivity index (χ2n) is 5.52. The van der Waals surface area contributed by atoms with Crippen LogP contribution in [0.1, 0.15) is 65.7 Å². The van der Waals surface area contributed by atoms with Gasteiger partial charge < -0.3 is 5.32 Å². The molecule has 0 radical (unpaired) electrons. The van der Waals surface area contributed by atoms with Crippen LogP contribution < -0.4 is 5.32 Å². The Morgan fingerprint density at radius 3 is 2.13 bits per heavy atom. The molecule has 0 spiro atoms. The molecule has 1 saturated carbocycles. The molecule has 1 rings (SSSR count). The van der Waals surface area contributed by atoms with Crippen LogP contribution in [0, 0.1) is 11.8 Å². The molecule has 1 nitrogen and oxygen atoms in total. The first-order valence-electron chi connectivity index (χ1n) is 6.97. The maximum absolute atomic E-state index is 3.77. The molecule has 0 aliphatic heterocycles. The fourth-order valence-electron chi connectivity index (χ4n) is 2.74. The van der Waals surface area contributed by atoms with Crippen molar-refractivity contribution in [3.8, 4) is 0 Å². The van der Waals surface area contributed by atoms with Crippen LogP contribution in [0.2, 0.25) is 0 Å². The second-order valence-corrected chi connectivity index (χ2v) is 5.52. The van der Waals surface area contributed by atoms with Gasteiger partial charge in [0.1, 0.15) is 0 Å². The van der Waals surface area contributed by atoms with E-state index in [9.17, 15) is 0 Å². The topological polar surface area (TPSA) is 12.0 Å². The van der Waals surface area contributed by atoms with Crippen LogP contribution in [0.4, 0.5) is 0 Å². The van der Waals surface area contributed by atoms with E-state index < -0.39 is 0 Å². The Hall–Kier alpha value is -0.0400. The molecule has 1 heteroatoms. The predicted octanol–water partition coefficient (Wildman–Crippen LogP) is 3.98. The average molecular weight is 211 g/mol. The first kappa shape index (κ1) is 13.0. The van der Waals surface area contributed by atoms with Gasteiger partial charge in [0.15, 0.2) is 0 Å². The number of rotatable bonds is 5. The molecule has 0 amide bonds. The summed E-state index contributed by atoms with van der Waals surface area (Å²) in [6.07, 6.45) is 10.1. The van der Waals surface area contributed by atoms with Crippen LogP contribution in [0.5, 0.6) is 0 Å². The Morgan fingerprint density at radius 1 is 1.07 bits per heavy atom. The minimum atomic E-state index is 0.730. The third-order valence-electron chi connectivity index (χ3n) is 3.89. The fourth-order valence-corrected chi connectivity index (χ4v) is 2.74. The molecule has 1 atom stereocenters. The molecule has 1 aliphatic carbocycles. The second kappa shape index (κ2) is 7.27. The zero-order valence-electron chi connectivity index (χ0n) is 10.9. The first-order valence-corrected chi connectivity index (χ1v) is 6.97. The van der Waals surface area contributed by atoms with Crippen LogP contribution >= 0.6 is 0 Å². The van der Waals surface area contributed by atoms with E-state index in [2.05, 4.69) is 26.1 Å². The van der Waals surface area contributed by atoms with Crippen molar-refractivity contribution in [3.63, 3.8) is 0 Å². The smallest absolute Gasteiger partial charge is 0.00875 e. The maximum atomic E-state index is 3.77. The van der Waals surface area contributed by atoms with Gasteiger partial charge in [-0.1, -0.05) is 46.5 Å². The molecule has 0 aromatic rings. The van der Waals surface area contributed by atoms with Crippen molar-refractivity contribution in [3.05, 3.63) is 0 Å². The lowest BCUT2D eigenvalue weighted by Gasteiger charge is -2.24. The largest absolute Gasteiger partial charge is 0.313 e. The third kappa shape index (κ3) is 5.01. The van der Waals surface area contributed by atoms with E-state index in [0.717, 1.165) is 17.9 Å². The molecular formula is C14H29N. The van der Waals surface area contributed by atoms with Crippen LogP contribution in [0.15, 0.2) is 0 Å². The highest BCUT2D eigenvalue weighted by Crippen LogP contribution is 2.22. The summed E-state index contributed by atoms with van der Waals surface area (Å²) < 4.78 is 0. The summed E-state index contributed by atoms with van der Waals surface area (Å²) in [5.41, 5.74) is 0. The van der Waals surface area contributed by atoms with E-state index in [0.29, 0.717) is 0 Å². The average Bonchev–Trinajstić information content (AvgIpc) is 2.46. The van der Waals surface area contributed by atoms with E-state index in [-0.39, 0.29) is 0 Å². The van der Waals surface area contributed by atoms with Crippen molar-refractivity contribution in [1.29, 1.82) is 0 Å². The van der Waals surface area contributed by atoms with Crippen molar-refractivity contribution in [2.75, 3.05) is 6.54 Å². The Morgan fingerprint density at radius 2 is 1.67 bits per heavy atom. The van der Waals surface area contributed by atoms with Gasteiger partial charge in [0, 0.05) is 6.04 Å². The highest BCUT2D eigenvalue weighted by Gasteiger charge is 2.15. The molecule has 0 heterocycles. The Labute approximate surface area is 96.0 Å². The maximum Gasteiger partial charge on any atom is 0.00875 e. The van der Waals surface area contributed by atoms with E-state index in [1.165, 1.54) is 51.5 Å². The summed E-state index contributed by atoms with van der Waals surface area (Å²) in [7, 11) is 0. The number of hydrogen-bond donors (Lipinski definition) is 1. The predicted molar refractivity (Wildman–Crippen MR) is 68.1 cm³/mol. The number of hydrogen-bond acceptors (Lipinski definition) is 1. The summed E-state index contributed by atoms with van der Waals surface area (Å²) in [4.78, 5) is 0. The molecule has 15 heavy (non-hydrogen) atoms. The quantitative estimate of drug-likeness (QED) is 0.678. The van der Waals surface area contributed by atoms with Gasteiger partial charge in [-0.15, -0.1) is 0 Å². The van der Waals surface area contributed by atoms with Gasteiger partial charge in [-0.3, -0.25) is 0 Å². The summed E-state index contributed by atoms with van der Waals surface area (Å²) in [6.45, 7) is 8.21. The normalized spacial score (nSPS) is 21.6. The molecule has 0 saturated heterocycles. The lowest BCUT2D eigenvalue weighted by molar-refractivity contribution is 0.337. The van der Waals surface area contributed by atoms with Gasteiger partial charge in [-0.2, -0.15) is 0 Å². The molecule has 0 aromatic heterocycles. The van der Waals surface area contributed by atoms with Crippen molar-refractivity contribution >= 4 is 0 Å². The molecule has 1 fully saturated rings. The van der Waals surface area contributed by atoms with E-state index in [1.807, 2.05) is 0 Å². The first-order chi connectivity index (χ1) is 7.24. The summed E-state index contributed by atoms with van der Waals surface area (Å²) in [5.74, 6) is 1.74. The van der Waals surface area contributed by atoms with E-state index in [4.69, 9.17) is 0 Å². The lowest BCUT2D eigenvalue weighted by Crippen LogP contribution is -2.36. The lowest BCUT2D eigenvalue weighted by atomic mass is 9.97. The summed E-state index contributed by atoms with van der Waals surface area (Å²) in [6, 6.07) is 0.730. The fraction of sp³-hybridized carbons (Fsp3) is 1.00. The Balaban J connectivity index is 2.21. The van der Waals surface area contributed by atoms with Crippen LogP contribution in [-0.2, 0) is 0 Å². The summed E-state index contributed by atoms with van der Waals surface area (Å²) in [5, 5.41) is 3.77. The zero-order valence-corrected chi connectivity index (χ0v) is 10.9. The standard InChI is InChI=1S/C14H29N/c1-4-14(12(2)3)15-11-13-9-7-5-6-8-10-13/h12-15H,4-11H2,1-3H3. The van der Waals surface area contributed by atoms with Crippen molar-refractivity contribution < 1.29 is 0 Å². The van der Waals surface area contributed by atoms with E-state index >= 15 is 0 Å². The zero-order chi connectivity index (χ0) is 11.1. The van der Waals surface area contributed by atoms with E-state index in [1.54, 1.807) is 0 Å². The molecular weight excluding hydrogens is 182 g/mol. The molecule has 1 unspecified atom stereocenters. The van der Waals surface area contributed by atoms with Crippen LogP contribution in [0.3, 0.4) is 0 Å². The third-order valence-corrected chi connectivity index (χ3v) is 3.89. The van der Waals surface area contributed by atoms with Crippen LogP contribution in [0.25, 0.3) is 0 Å². The number of nitrogens with one attached hydrogen (secondary N) is 1.